The van der Waals surface area contributed by atoms with Crippen LogP contribution in [-0.4, -0.2) is 17.3 Å². The molecule has 1 aromatic heterocycles. The minimum absolute atomic E-state index is 0.103. The summed E-state index contributed by atoms with van der Waals surface area (Å²) in [6.07, 6.45) is 1.77. The molecule has 14 heavy (non-hydrogen) atoms. The summed E-state index contributed by atoms with van der Waals surface area (Å²) in [6.45, 7) is 6.88. The Kier molecular flexibility index (Phi) is 3.81. The van der Waals surface area contributed by atoms with Crippen molar-refractivity contribution in [1.29, 1.82) is 0 Å². The van der Waals surface area contributed by atoms with Gasteiger partial charge < -0.3 is 4.74 Å². The maximum Gasteiger partial charge on any atom is 0.140 e. The highest BCUT2D eigenvalue weighted by Gasteiger charge is 2.16. The zero-order valence-electron chi connectivity index (χ0n) is 8.95. The Hall–Kier alpha value is -0.700. The van der Waals surface area contributed by atoms with E-state index in [0.717, 1.165) is 17.2 Å². The number of thiol groups is 1. The first-order valence-electron chi connectivity index (χ1n) is 4.70. The van der Waals surface area contributed by atoms with E-state index in [1.54, 1.807) is 6.20 Å². The number of ether oxygens (including phenoxy) is 1. The third-order valence-corrected chi connectivity index (χ3v) is 2.86. The normalized spacial score (nSPS) is 11.4. The molecule has 0 bridgehead atoms. The van der Waals surface area contributed by atoms with Gasteiger partial charge >= 0.3 is 0 Å². The fourth-order valence-electron chi connectivity index (χ4n) is 0.941. The maximum atomic E-state index is 5.68. The van der Waals surface area contributed by atoms with E-state index in [1.807, 2.05) is 19.1 Å². The highest BCUT2D eigenvalue weighted by molar-refractivity contribution is 7.80. The van der Waals surface area contributed by atoms with E-state index < -0.39 is 0 Å². The van der Waals surface area contributed by atoms with Gasteiger partial charge in [-0.25, -0.2) is 0 Å². The maximum absolute atomic E-state index is 5.68. The van der Waals surface area contributed by atoms with Crippen molar-refractivity contribution >= 4 is 12.6 Å². The lowest BCUT2D eigenvalue weighted by Gasteiger charge is -2.22. The Bertz CT molecular complexity index is 299. The van der Waals surface area contributed by atoms with Crippen molar-refractivity contribution in [3.05, 3.63) is 24.0 Å². The second-order valence-corrected chi connectivity index (χ2v) is 4.51. The molecule has 3 heteroatoms. The molecule has 0 saturated carbocycles. The van der Waals surface area contributed by atoms with Crippen LogP contribution >= 0.6 is 12.6 Å². The molecule has 0 unspecified atom stereocenters. The summed E-state index contributed by atoms with van der Waals surface area (Å²) in [5.74, 6) is 1.68. The van der Waals surface area contributed by atoms with Gasteiger partial charge in [0.1, 0.15) is 5.75 Å². The summed E-state index contributed by atoms with van der Waals surface area (Å²) in [4.78, 5) is 4.16. The zero-order chi connectivity index (χ0) is 10.6. The minimum atomic E-state index is 0.103. The first-order chi connectivity index (χ1) is 6.55. The van der Waals surface area contributed by atoms with Gasteiger partial charge in [0.2, 0.25) is 0 Å². The first kappa shape index (κ1) is 11.4. The van der Waals surface area contributed by atoms with Crippen molar-refractivity contribution in [3.63, 3.8) is 0 Å². The second kappa shape index (κ2) is 4.69. The van der Waals surface area contributed by atoms with Gasteiger partial charge in [0, 0.05) is 11.6 Å². The van der Waals surface area contributed by atoms with Gasteiger partial charge in [-0.3, -0.25) is 4.98 Å². The molecule has 1 rings (SSSR count). The van der Waals surface area contributed by atoms with Crippen molar-refractivity contribution < 1.29 is 4.74 Å². The van der Waals surface area contributed by atoms with E-state index in [0.29, 0.717) is 6.61 Å². The first-order valence-corrected chi connectivity index (χ1v) is 5.34. The Balaban J connectivity index is 2.58. The summed E-state index contributed by atoms with van der Waals surface area (Å²) in [5, 5.41) is 0. The van der Waals surface area contributed by atoms with Crippen LogP contribution in [0.15, 0.2) is 18.3 Å². The van der Waals surface area contributed by atoms with Crippen LogP contribution in [0.2, 0.25) is 0 Å². The molecule has 0 fully saturated rings. The van der Waals surface area contributed by atoms with Crippen LogP contribution in [0.3, 0.4) is 0 Å². The van der Waals surface area contributed by atoms with E-state index in [2.05, 4.69) is 31.5 Å². The van der Waals surface area contributed by atoms with Crippen LogP contribution in [0.25, 0.3) is 0 Å². The SMILES string of the molecule is Cc1ncccc1OCC(C)(C)CS. The summed E-state index contributed by atoms with van der Waals surface area (Å²) >= 11 is 4.28. The van der Waals surface area contributed by atoms with Gasteiger partial charge in [-0.15, -0.1) is 0 Å². The molecule has 0 aliphatic rings. The Morgan fingerprint density at radius 1 is 1.50 bits per heavy atom. The largest absolute Gasteiger partial charge is 0.491 e. The molecular weight excluding hydrogens is 194 g/mol. The molecular formula is C11H17NOS. The molecule has 0 N–H and O–H groups in total. The summed E-state index contributed by atoms with van der Waals surface area (Å²) < 4.78 is 5.68. The predicted molar refractivity (Wildman–Crippen MR) is 62.1 cm³/mol. The van der Waals surface area contributed by atoms with Crippen molar-refractivity contribution in [2.75, 3.05) is 12.4 Å². The summed E-state index contributed by atoms with van der Waals surface area (Å²) in [6, 6.07) is 3.83. The molecule has 0 atom stereocenters. The number of aromatic nitrogens is 1. The summed E-state index contributed by atoms with van der Waals surface area (Å²) in [5.41, 5.74) is 1.04. The number of pyridine rings is 1. The lowest BCUT2D eigenvalue weighted by atomic mass is 9.98. The highest BCUT2D eigenvalue weighted by Crippen LogP contribution is 2.21. The Morgan fingerprint density at radius 3 is 2.79 bits per heavy atom. The van der Waals surface area contributed by atoms with Crippen LogP contribution in [0.1, 0.15) is 19.5 Å². The van der Waals surface area contributed by atoms with Gasteiger partial charge in [0.25, 0.3) is 0 Å². The van der Waals surface area contributed by atoms with Crippen molar-refractivity contribution in [3.8, 4) is 5.75 Å². The number of hydrogen-bond acceptors (Lipinski definition) is 3. The van der Waals surface area contributed by atoms with E-state index in [-0.39, 0.29) is 5.41 Å². The van der Waals surface area contributed by atoms with Crippen molar-refractivity contribution in [2.45, 2.75) is 20.8 Å². The molecule has 0 aliphatic heterocycles. The fourth-order valence-corrected chi connectivity index (χ4v) is 1.03. The average Bonchev–Trinajstić information content (AvgIpc) is 2.17. The standard InChI is InChI=1S/C11H17NOS/c1-9-10(5-4-6-12-9)13-7-11(2,3)8-14/h4-6,14H,7-8H2,1-3H3. The predicted octanol–water partition coefficient (Wildman–Crippen LogP) is 2.72. The highest BCUT2D eigenvalue weighted by atomic mass is 32.1. The molecule has 0 radical (unpaired) electrons. The molecule has 0 aliphatic carbocycles. The molecule has 0 amide bonds. The van der Waals surface area contributed by atoms with Gasteiger partial charge in [-0.05, 0) is 24.8 Å². The average molecular weight is 211 g/mol. The van der Waals surface area contributed by atoms with Crippen LogP contribution in [0, 0.1) is 12.3 Å². The molecule has 0 saturated heterocycles. The van der Waals surface area contributed by atoms with Gasteiger partial charge in [0.05, 0.1) is 12.3 Å². The van der Waals surface area contributed by atoms with Gasteiger partial charge in [-0.1, -0.05) is 13.8 Å². The number of aryl methyl sites for hydroxylation is 1. The molecule has 2 nitrogen and oxygen atoms in total. The van der Waals surface area contributed by atoms with E-state index in [9.17, 15) is 0 Å². The zero-order valence-corrected chi connectivity index (χ0v) is 9.84. The lowest BCUT2D eigenvalue weighted by molar-refractivity contribution is 0.200. The fraction of sp³-hybridized carbons (Fsp3) is 0.545. The van der Waals surface area contributed by atoms with E-state index in [4.69, 9.17) is 4.74 Å². The quantitative estimate of drug-likeness (QED) is 0.774. The molecule has 0 aromatic carbocycles. The van der Waals surface area contributed by atoms with E-state index in [1.165, 1.54) is 0 Å². The molecule has 1 heterocycles. The monoisotopic (exact) mass is 211 g/mol. The summed E-state index contributed by atoms with van der Waals surface area (Å²) in [7, 11) is 0. The number of hydrogen-bond donors (Lipinski definition) is 1. The van der Waals surface area contributed by atoms with Crippen LogP contribution in [-0.2, 0) is 0 Å². The van der Waals surface area contributed by atoms with Crippen LogP contribution < -0.4 is 4.74 Å². The van der Waals surface area contributed by atoms with Crippen LogP contribution in [0.5, 0.6) is 5.75 Å². The Labute approximate surface area is 91.1 Å². The number of rotatable bonds is 4. The van der Waals surface area contributed by atoms with Crippen molar-refractivity contribution in [2.24, 2.45) is 5.41 Å². The van der Waals surface area contributed by atoms with Gasteiger partial charge in [0.15, 0.2) is 0 Å². The third-order valence-electron chi connectivity index (χ3n) is 2.00. The Morgan fingerprint density at radius 2 is 2.21 bits per heavy atom. The third kappa shape index (κ3) is 3.22. The van der Waals surface area contributed by atoms with Crippen LogP contribution in [0.4, 0.5) is 0 Å². The smallest absolute Gasteiger partial charge is 0.140 e. The molecule has 1 aromatic rings. The second-order valence-electron chi connectivity index (χ2n) is 4.20. The van der Waals surface area contributed by atoms with E-state index >= 15 is 0 Å². The minimum Gasteiger partial charge on any atom is -0.491 e. The number of nitrogens with zero attached hydrogens (tertiary/aromatic N) is 1. The molecule has 78 valence electrons. The lowest BCUT2D eigenvalue weighted by Crippen LogP contribution is -2.23. The molecule has 0 spiro atoms. The topological polar surface area (TPSA) is 22.1 Å². The van der Waals surface area contributed by atoms with Crippen molar-refractivity contribution in [1.82, 2.24) is 4.98 Å². The van der Waals surface area contributed by atoms with Gasteiger partial charge in [-0.2, -0.15) is 12.6 Å².